The summed E-state index contributed by atoms with van der Waals surface area (Å²) in [7, 11) is 0. The van der Waals surface area contributed by atoms with Crippen molar-refractivity contribution < 1.29 is 4.74 Å². The van der Waals surface area contributed by atoms with Crippen LogP contribution in [0.1, 0.15) is 32.1 Å². The van der Waals surface area contributed by atoms with Gasteiger partial charge in [0, 0.05) is 0 Å². The molecule has 1 saturated heterocycles. The van der Waals surface area contributed by atoms with Gasteiger partial charge in [0.25, 0.3) is 0 Å². The second-order valence-electron chi connectivity index (χ2n) is 3.86. The standard InChI is InChI=1S/C9H15BrO/c10-9(6-11-7-9)8-4-2-1-3-5-8/h8H,1-7H2. The summed E-state index contributed by atoms with van der Waals surface area (Å²) in [6.07, 6.45) is 7.12. The first kappa shape index (κ1) is 8.06. The molecule has 1 nitrogen and oxygen atoms in total. The fourth-order valence-corrected chi connectivity index (χ4v) is 2.93. The summed E-state index contributed by atoms with van der Waals surface area (Å²) in [5, 5.41) is 0. The van der Waals surface area contributed by atoms with E-state index in [0.717, 1.165) is 19.1 Å². The molecular weight excluding hydrogens is 204 g/mol. The molecule has 64 valence electrons. The van der Waals surface area contributed by atoms with Crippen LogP contribution >= 0.6 is 15.9 Å². The predicted molar refractivity (Wildman–Crippen MR) is 49.1 cm³/mol. The average molecular weight is 219 g/mol. The molecule has 0 aromatic rings. The van der Waals surface area contributed by atoms with Crippen LogP contribution in [0.4, 0.5) is 0 Å². The Hall–Kier alpha value is 0.440. The van der Waals surface area contributed by atoms with Crippen LogP contribution < -0.4 is 0 Å². The minimum Gasteiger partial charge on any atom is -0.378 e. The van der Waals surface area contributed by atoms with Crippen molar-refractivity contribution in [3.8, 4) is 0 Å². The number of ether oxygens (including phenoxy) is 1. The van der Waals surface area contributed by atoms with Gasteiger partial charge in [0.05, 0.1) is 17.5 Å². The van der Waals surface area contributed by atoms with Crippen molar-refractivity contribution in [3.63, 3.8) is 0 Å². The van der Waals surface area contributed by atoms with Crippen LogP contribution in [0.5, 0.6) is 0 Å². The summed E-state index contributed by atoms with van der Waals surface area (Å²) >= 11 is 3.80. The third-order valence-electron chi connectivity index (χ3n) is 3.02. The van der Waals surface area contributed by atoms with E-state index in [-0.39, 0.29) is 0 Å². The van der Waals surface area contributed by atoms with E-state index in [1.807, 2.05) is 0 Å². The van der Waals surface area contributed by atoms with E-state index < -0.39 is 0 Å². The van der Waals surface area contributed by atoms with Gasteiger partial charge in [-0.05, 0) is 18.8 Å². The maximum atomic E-state index is 5.24. The third-order valence-corrected chi connectivity index (χ3v) is 4.13. The van der Waals surface area contributed by atoms with Crippen molar-refractivity contribution in [3.05, 3.63) is 0 Å². The maximum absolute atomic E-state index is 5.24. The number of hydrogen-bond donors (Lipinski definition) is 0. The molecule has 0 aromatic heterocycles. The van der Waals surface area contributed by atoms with E-state index >= 15 is 0 Å². The summed E-state index contributed by atoms with van der Waals surface area (Å²) in [6.45, 7) is 1.88. The lowest BCUT2D eigenvalue weighted by atomic mass is 9.79. The van der Waals surface area contributed by atoms with Crippen LogP contribution in [-0.4, -0.2) is 17.5 Å². The SMILES string of the molecule is BrC1(C2CCCCC2)COC1. The predicted octanol–water partition coefficient (Wildman–Crippen LogP) is 2.73. The molecule has 0 radical (unpaired) electrons. The van der Waals surface area contributed by atoms with Gasteiger partial charge in [0.1, 0.15) is 0 Å². The molecule has 2 heteroatoms. The first-order valence-electron chi connectivity index (χ1n) is 4.58. The van der Waals surface area contributed by atoms with Crippen molar-refractivity contribution in [2.75, 3.05) is 13.2 Å². The van der Waals surface area contributed by atoms with E-state index in [9.17, 15) is 0 Å². The number of rotatable bonds is 1. The van der Waals surface area contributed by atoms with Crippen LogP contribution in [0.15, 0.2) is 0 Å². The first-order valence-corrected chi connectivity index (χ1v) is 5.37. The van der Waals surface area contributed by atoms with E-state index in [1.54, 1.807) is 0 Å². The van der Waals surface area contributed by atoms with Gasteiger partial charge >= 0.3 is 0 Å². The van der Waals surface area contributed by atoms with Gasteiger partial charge in [-0.15, -0.1) is 0 Å². The average Bonchev–Trinajstić information content (AvgIpc) is 2.02. The Bertz CT molecular complexity index is 136. The Balaban J connectivity index is 1.91. The lowest BCUT2D eigenvalue weighted by Crippen LogP contribution is -2.50. The molecule has 1 saturated carbocycles. The highest BCUT2D eigenvalue weighted by Crippen LogP contribution is 2.42. The summed E-state index contributed by atoms with van der Waals surface area (Å²) in [5.41, 5.74) is 0. The lowest BCUT2D eigenvalue weighted by Gasteiger charge is -2.44. The quantitative estimate of drug-likeness (QED) is 0.616. The van der Waals surface area contributed by atoms with Gasteiger partial charge < -0.3 is 4.74 Å². The summed E-state index contributed by atoms with van der Waals surface area (Å²) in [4.78, 5) is 0. The molecule has 0 bridgehead atoms. The number of alkyl halides is 1. The molecule has 0 unspecified atom stereocenters. The Morgan fingerprint density at radius 2 is 1.73 bits per heavy atom. The molecule has 2 aliphatic rings. The summed E-state index contributed by atoms with van der Waals surface area (Å²) in [6, 6.07) is 0. The van der Waals surface area contributed by atoms with Crippen molar-refractivity contribution >= 4 is 15.9 Å². The highest BCUT2D eigenvalue weighted by Gasteiger charge is 2.43. The van der Waals surface area contributed by atoms with Crippen LogP contribution in [0.2, 0.25) is 0 Å². The topological polar surface area (TPSA) is 9.23 Å². The van der Waals surface area contributed by atoms with Gasteiger partial charge in [0.2, 0.25) is 0 Å². The highest BCUT2D eigenvalue weighted by molar-refractivity contribution is 9.10. The third kappa shape index (κ3) is 1.48. The van der Waals surface area contributed by atoms with Crippen molar-refractivity contribution in [1.82, 2.24) is 0 Å². The molecule has 0 atom stereocenters. The second kappa shape index (κ2) is 3.06. The molecule has 2 fully saturated rings. The molecule has 0 amide bonds. The fourth-order valence-electron chi connectivity index (χ4n) is 2.15. The number of halogens is 1. The summed E-state index contributed by atoms with van der Waals surface area (Å²) in [5.74, 6) is 0.894. The zero-order valence-corrected chi connectivity index (χ0v) is 8.40. The van der Waals surface area contributed by atoms with Gasteiger partial charge in [-0.2, -0.15) is 0 Å². The Kier molecular flexibility index (Phi) is 2.24. The van der Waals surface area contributed by atoms with Gasteiger partial charge in [-0.1, -0.05) is 35.2 Å². The minimum atomic E-state index is 0.382. The minimum absolute atomic E-state index is 0.382. The monoisotopic (exact) mass is 218 g/mol. The van der Waals surface area contributed by atoms with Gasteiger partial charge in [0.15, 0.2) is 0 Å². The second-order valence-corrected chi connectivity index (χ2v) is 5.44. The molecule has 0 aromatic carbocycles. The van der Waals surface area contributed by atoms with Crippen LogP contribution in [0.25, 0.3) is 0 Å². The summed E-state index contributed by atoms with van der Waals surface area (Å²) < 4.78 is 5.63. The highest BCUT2D eigenvalue weighted by atomic mass is 79.9. The van der Waals surface area contributed by atoms with Crippen molar-refractivity contribution in [2.24, 2.45) is 5.92 Å². The molecule has 0 N–H and O–H groups in total. The maximum Gasteiger partial charge on any atom is 0.0751 e. The van der Waals surface area contributed by atoms with Gasteiger partial charge in [-0.25, -0.2) is 0 Å². The smallest absolute Gasteiger partial charge is 0.0751 e. The zero-order valence-electron chi connectivity index (χ0n) is 6.81. The van der Waals surface area contributed by atoms with E-state index in [0.29, 0.717) is 4.32 Å². The molecule has 11 heavy (non-hydrogen) atoms. The molecule has 1 aliphatic heterocycles. The molecular formula is C9H15BrO. The Morgan fingerprint density at radius 3 is 2.18 bits per heavy atom. The van der Waals surface area contributed by atoms with E-state index in [2.05, 4.69) is 15.9 Å². The molecule has 1 aliphatic carbocycles. The van der Waals surface area contributed by atoms with Crippen LogP contribution in [-0.2, 0) is 4.74 Å². The van der Waals surface area contributed by atoms with Crippen LogP contribution in [0, 0.1) is 5.92 Å². The van der Waals surface area contributed by atoms with E-state index in [4.69, 9.17) is 4.74 Å². The number of hydrogen-bond acceptors (Lipinski definition) is 1. The van der Waals surface area contributed by atoms with Crippen LogP contribution in [0.3, 0.4) is 0 Å². The Morgan fingerprint density at radius 1 is 1.09 bits per heavy atom. The largest absolute Gasteiger partial charge is 0.378 e. The normalized spacial score (nSPS) is 31.4. The Labute approximate surface area is 76.6 Å². The molecule has 0 spiro atoms. The molecule has 1 heterocycles. The van der Waals surface area contributed by atoms with Crippen molar-refractivity contribution in [2.45, 2.75) is 36.4 Å². The van der Waals surface area contributed by atoms with Gasteiger partial charge in [-0.3, -0.25) is 0 Å². The first-order chi connectivity index (χ1) is 5.31. The van der Waals surface area contributed by atoms with Crippen molar-refractivity contribution in [1.29, 1.82) is 0 Å². The lowest BCUT2D eigenvalue weighted by molar-refractivity contribution is -0.0383. The van der Waals surface area contributed by atoms with E-state index in [1.165, 1.54) is 32.1 Å². The zero-order chi connectivity index (χ0) is 7.73. The fraction of sp³-hybridized carbons (Fsp3) is 1.00. The molecule has 2 rings (SSSR count).